The number of rotatable bonds is 10. The average molecular weight is 601 g/mol. The van der Waals surface area contributed by atoms with Crippen molar-refractivity contribution in [1.29, 1.82) is 10.8 Å². The van der Waals surface area contributed by atoms with Gasteiger partial charge in [-0.15, -0.1) is 0 Å². The van der Waals surface area contributed by atoms with E-state index < -0.39 is 11.7 Å². The van der Waals surface area contributed by atoms with Gasteiger partial charge in [-0.05, 0) is 107 Å². The molecule has 0 bridgehead atoms. The molecule has 3 aromatic carbocycles. The van der Waals surface area contributed by atoms with E-state index >= 15 is 0 Å². The molecule has 0 aromatic heterocycles. The van der Waals surface area contributed by atoms with Gasteiger partial charge in [-0.3, -0.25) is 15.6 Å². The van der Waals surface area contributed by atoms with Gasteiger partial charge in [0.05, 0.1) is 0 Å². The molecule has 1 saturated heterocycles. The highest BCUT2D eigenvalue weighted by molar-refractivity contribution is 5.96. The quantitative estimate of drug-likeness (QED) is 0.148. The van der Waals surface area contributed by atoms with Crippen molar-refractivity contribution in [3.8, 4) is 23.0 Å². The van der Waals surface area contributed by atoms with Crippen LogP contribution in [-0.4, -0.2) is 53.8 Å². The summed E-state index contributed by atoms with van der Waals surface area (Å²) in [4.78, 5) is 27.4. The second kappa shape index (κ2) is 13.9. The predicted octanol–water partition coefficient (Wildman–Crippen LogP) is 5.61. The molecule has 44 heavy (non-hydrogen) atoms. The van der Waals surface area contributed by atoms with Gasteiger partial charge in [0.1, 0.15) is 40.3 Å². The van der Waals surface area contributed by atoms with E-state index in [-0.39, 0.29) is 17.6 Å². The number of nitrogen functional groups attached to an aromatic ring is 2. The van der Waals surface area contributed by atoms with Crippen molar-refractivity contribution < 1.29 is 23.8 Å². The molecule has 2 amide bonds. The lowest BCUT2D eigenvalue weighted by molar-refractivity contribution is 0.0522. The number of piperidine rings is 1. The Morgan fingerprint density at radius 2 is 1.27 bits per heavy atom. The standard InChI is InChI=1S/C33H40N6O5/c1-33(2,3)44-32(41)38-15-12-21-13-16-39(17-14-21)31(40)24-18-27(42-25-8-4-22(5-9-25)29(34)35)20-28(19-24)43-26-10-6-23(7-11-26)30(36)37/h4-11,18-21H,12-17H2,1-3H3,(H3,34,35)(H3,36,37)(H,38,41). The number of nitrogens with zero attached hydrogens (tertiary/aromatic N) is 1. The molecule has 232 valence electrons. The Balaban J connectivity index is 1.45. The summed E-state index contributed by atoms with van der Waals surface area (Å²) in [6, 6.07) is 18.6. The summed E-state index contributed by atoms with van der Waals surface area (Å²) in [6.45, 7) is 7.20. The summed E-state index contributed by atoms with van der Waals surface area (Å²) >= 11 is 0. The lowest BCUT2D eigenvalue weighted by atomic mass is 9.93. The smallest absolute Gasteiger partial charge is 0.407 e. The van der Waals surface area contributed by atoms with Crippen LogP contribution in [0.25, 0.3) is 0 Å². The number of nitrogens with two attached hydrogens (primary N) is 2. The first-order chi connectivity index (χ1) is 20.9. The number of alkyl carbamates (subject to hydrolysis) is 1. The summed E-state index contributed by atoms with van der Waals surface area (Å²) in [6.07, 6.45) is 2.04. The van der Waals surface area contributed by atoms with Crippen molar-refractivity contribution in [2.24, 2.45) is 17.4 Å². The van der Waals surface area contributed by atoms with Gasteiger partial charge in [-0.2, -0.15) is 0 Å². The van der Waals surface area contributed by atoms with E-state index in [0.717, 1.165) is 19.3 Å². The molecule has 0 radical (unpaired) electrons. The lowest BCUT2D eigenvalue weighted by Crippen LogP contribution is -2.39. The van der Waals surface area contributed by atoms with Gasteiger partial charge >= 0.3 is 6.09 Å². The number of carbonyl (C=O) groups is 2. The molecule has 0 atom stereocenters. The van der Waals surface area contributed by atoms with Gasteiger partial charge in [0.25, 0.3) is 5.91 Å². The summed E-state index contributed by atoms with van der Waals surface area (Å²) in [5.74, 6) is 2.00. The first-order valence-electron chi connectivity index (χ1n) is 14.5. The topological polar surface area (TPSA) is 177 Å². The number of amidine groups is 2. The number of ether oxygens (including phenoxy) is 3. The van der Waals surface area contributed by atoms with Crippen LogP contribution in [0.2, 0.25) is 0 Å². The third-order valence-electron chi connectivity index (χ3n) is 7.05. The first-order valence-corrected chi connectivity index (χ1v) is 14.5. The van der Waals surface area contributed by atoms with E-state index in [9.17, 15) is 9.59 Å². The van der Waals surface area contributed by atoms with Crippen LogP contribution in [0.15, 0.2) is 66.7 Å². The van der Waals surface area contributed by atoms with Crippen LogP contribution in [0.4, 0.5) is 4.79 Å². The largest absolute Gasteiger partial charge is 0.457 e. The fourth-order valence-electron chi connectivity index (χ4n) is 4.79. The van der Waals surface area contributed by atoms with Gasteiger partial charge < -0.3 is 35.9 Å². The maximum atomic E-state index is 13.7. The fourth-order valence-corrected chi connectivity index (χ4v) is 4.79. The highest BCUT2D eigenvalue weighted by Crippen LogP contribution is 2.32. The Bertz CT molecular complexity index is 1410. The number of nitrogens with one attached hydrogen (secondary N) is 3. The molecule has 11 nitrogen and oxygen atoms in total. The van der Waals surface area contributed by atoms with E-state index in [1.807, 2.05) is 25.7 Å². The minimum Gasteiger partial charge on any atom is -0.457 e. The van der Waals surface area contributed by atoms with E-state index in [0.29, 0.717) is 65.2 Å². The minimum absolute atomic E-state index is 0.0429. The molecule has 0 spiro atoms. The van der Waals surface area contributed by atoms with Crippen LogP contribution in [0, 0.1) is 16.7 Å². The lowest BCUT2D eigenvalue weighted by Gasteiger charge is -2.32. The molecular weight excluding hydrogens is 560 g/mol. The van der Waals surface area contributed by atoms with E-state index in [1.54, 1.807) is 66.7 Å². The van der Waals surface area contributed by atoms with E-state index in [2.05, 4.69) is 5.32 Å². The van der Waals surface area contributed by atoms with Crippen LogP contribution in [0.1, 0.15) is 61.5 Å². The molecule has 0 saturated carbocycles. The number of amides is 2. The third kappa shape index (κ3) is 9.22. The van der Waals surface area contributed by atoms with Crippen LogP contribution in [0.5, 0.6) is 23.0 Å². The zero-order valence-electron chi connectivity index (χ0n) is 25.3. The van der Waals surface area contributed by atoms with Crippen molar-refractivity contribution in [1.82, 2.24) is 10.2 Å². The van der Waals surface area contributed by atoms with E-state index in [1.165, 1.54) is 0 Å². The molecule has 11 heteroatoms. The first kappa shape index (κ1) is 31.9. The Morgan fingerprint density at radius 1 is 0.795 bits per heavy atom. The molecule has 1 fully saturated rings. The maximum absolute atomic E-state index is 13.7. The van der Waals surface area contributed by atoms with Crippen molar-refractivity contribution in [2.75, 3.05) is 19.6 Å². The van der Waals surface area contributed by atoms with Crippen LogP contribution < -0.4 is 26.3 Å². The van der Waals surface area contributed by atoms with E-state index in [4.69, 9.17) is 36.5 Å². The molecule has 1 heterocycles. The third-order valence-corrected chi connectivity index (χ3v) is 7.05. The Morgan fingerprint density at radius 3 is 1.70 bits per heavy atom. The number of carbonyl (C=O) groups excluding carboxylic acids is 2. The second-order valence-corrected chi connectivity index (χ2v) is 11.7. The fraction of sp³-hybridized carbons (Fsp3) is 0.333. The van der Waals surface area contributed by atoms with Crippen LogP contribution in [-0.2, 0) is 4.74 Å². The number of hydrogen-bond donors (Lipinski definition) is 5. The minimum atomic E-state index is -0.538. The Hall–Kier alpha value is -5.06. The normalized spacial score (nSPS) is 13.6. The van der Waals surface area contributed by atoms with Crippen molar-refractivity contribution in [3.05, 3.63) is 83.4 Å². The summed E-state index contributed by atoms with van der Waals surface area (Å²) in [7, 11) is 0. The average Bonchev–Trinajstić information content (AvgIpc) is 2.96. The van der Waals surface area contributed by atoms with Gasteiger partial charge in [0.15, 0.2) is 0 Å². The molecule has 4 rings (SSSR count). The summed E-state index contributed by atoms with van der Waals surface area (Å²) < 4.78 is 17.5. The SMILES string of the molecule is CC(C)(C)OC(=O)NCCC1CCN(C(=O)c2cc(Oc3ccc(C(=N)N)cc3)cc(Oc3ccc(C(=N)N)cc3)c2)CC1. The molecule has 3 aromatic rings. The highest BCUT2D eigenvalue weighted by Gasteiger charge is 2.25. The molecule has 7 N–H and O–H groups in total. The van der Waals surface area contributed by atoms with Gasteiger partial charge in [0.2, 0.25) is 0 Å². The van der Waals surface area contributed by atoms with Crippen molar-refractivity contribution in [2.45, 2.75) is 45.6 Å². The predicted molar refractivity (Wildman–Crippen MR) is 169 cm³/mol. The van der Waals surface area contributed by atoms with Gasteiger partial charge in [-0.25, -0.2) is 4.79 Å². The van der Waals surface area contributed by atoms with Crippen molar-refractivity contribution in [3.63, 3.8) is 0 Å². The molecular formula is C33H40N6O5. The summed E-state index contributed by atoms with van der Waals surface area (Å²) in [5.41, 5.74) is 12.2. The van der Waals surface area contributed by atoms with Crippen LogP contribution >= 0.6 is 0 Å². The number of hydrogen-bond acceptors (Lipinski definition) is 7. The van der Waals surface area contributed by atoms with Crippen molar-refractivity contribution >= 4 is 23.7 Å². The second-order valence-electron chi connectivity index (χ2n) is 11.7. The Kier molecular flexibility index (Phi) is 10.1. The molecule has 1 aliphatic heterocycles. The monoisotopic (exact) mass is 600 g/mol. The molecule has 1 aliphatic rings. The Labute approximate surface area is 257 Å². The highest BCUT2D eigenvalue weighted by atomic mass is 16.6. The molecule has 0 aliphatic carbocycles. The number of benzene rings is 3. The zero-order valence-corrected chi connectivity index (χ0v) is 25.3. The van der Waals surface area contributed by atoms with Gasteiger partial charge in [0, 0.05) is 42.4 Å². The molecule has 0 unspecified atom stereocenters. The number of likely N-dealkylation sites (tertiary alicyclic amines) is 1. The summed E-state index contributed by atoms with van der Waals surface area (Å²) in [5, 5.41) is 18.0. The zero-order chi connectivity index (χ0) is 31.9. The maximum Gasteiger partial charge on any atom is 0.407 e. The van der Waals surface area contributed by atoms with Gasteiger partial charge in [-0.1, -0.05) is 0 Å². The van der Waals surface area contributed by atoms with Crippen LogP contribution in [0.3, 0.4) is 0 Å².